The van der Waals surface area contributed by atoms with Crippen molar-refractivity contribution in [2.24, 2.45) is 17.3 Å². The van der Waals surface area contributed by atoms with Crippen molar-refractivity contribution >= 4 is 0 Å². The second-order valence-corrected chi connectivity index (χ2v) is 5.56. The topological polar surface area (TPSA) is 24.1 Å². The van der Waals surface area contributed by atoms with E-state index in [1.807, 2.05) is 0 Å². The molecule has 0 amide bonds. The molecule has 0 saturated heterocycles. The normalized spacial score (nSPS) is 20.6. The predicted octanol–water partition coefficient (Wildman–Crippen LogP) is 2.26. The lowest BCUT2D eigenvalue weighted by Gasteiger charge is -2.21. The summed E-state index contributed by atoms with van der Waals surface area (Å²) in [6.45, 7) is 13.8. The van der Waals surface area contributed by atoms with Crippen LogP contribution in [-0.2, 0) is 0 Å². The highest BCUT2D eigenvalue weighted by Crippen LogP contribution is 2.51. The van der Waals surface area contributed by atoms with Crippen LogP contribution in [0.3, 0.4) is 0 Å². The minimum atomic E-state index is 0.651. The maximum Gasteiger partial charge on any atom is 0.00104 e. The van der Waals surface area contributed by atoms with E-state index in [1.54, 1.807) is 0 Å². The van der Waals surface area contributed by atoms with Gasteiger partial charge in [0.2, 0.25) is 0 Å². The van der Waals surface area contributed by atoms with Gasteiger partial charge in [0.15, 0.2) is 0 Å². The molecular weight excluding hydrogens is 184 g/mol. The fourth-order valence-electron chi connectivity index (χ4n) is 2.15. The molecule has 1 saturated carbocycles. The summed E-state index contributed by atoms with van der Waals surface area (Å²) in [6.07, 6.45) is 2.86. The summed E-state index contributed by atoms with van der Waals surface area (Å²) < 4.78 is 0. The van der Waals surface area contributed by atoms with Gasteiger partial charge >= 0.3 is 0 Å². The lowest BCUT2D eigenvalue weighted by molar-refractivity contribution is 0.327. The molecule has 0 aromatic heterocycles. The van der Waals surface area contributed by atoms with Crippen LogP contribution in [0.4, 0.5) is 0 Å². The molecule has 1 aliphatic rings. The average molecular weight is 212 g/mol. The van der Waals surface area contributed by atoms with Crippen LogP contribution in [0.1, 0.15) is 40.5 Å². The fourth-order valence-corrected chi connectivity index (χ4v) is 2.15. The van der Waals surface area contributed by atoms with Crippen LogP contribution in [0.15, 0.2) is 0 Å². The van der Waals surface area contributed by atoms with Crippen LogP contribution < -0.4 is 10.6 Å². The number of hydrogen-bond acceptors (Lipinski definition) is 2. The van der Waals surface area contributed by atoms with Gasteiger partial charge in [0, 0.05) is 6.54 Å². The maximum absolute atomic E-state index is 3.64. The van der Waals surface area contributed by atoms with Gasteiger partial charge in [-0.15, -0.1) is 0 Å². The van der Waals surface area contributed by atoms with Crippen molar-refractivity contribution < 1.29 is 0 Å². The van der Waals surface area contributed by atoms with Crippen molar-refractivity contribution in [2.75, 3.05) is 26.2 Å². The van der Waals surface area contributed by atoms with Crippen LogP contribution in [0, 0.1) is 17.3 Å². The Hall–Kier alpha value is -0.0800. The fraction of sp³-hybridized carbons (Fsp3) is 1.00. The average Bonchev–Trinajstić information content (AvgIpc) is 2.96. The van der Waals surface area contributed by atoms with Crippen molar-refractivity contribution in [1.82, 2.24) is 10.6 Å². The molecule has 0 spiro atoms. The summed E-state index contributed by atoms with van der Waals surface area (Å²) in [5.41, 5.74) is 0.651. The zero-order valence-electron chi connectivity index (χ0n) is 10.9. The SMILES string of the molecule is CCNCC(C)CNCC1(C(C)C)CC1. The monoisotopic (exact) mass is 212 g/mol. The van der Waals surface area contributed by atoms with Crippen LogP contribution in [0.25, 0.3) is 0 Å². The largest absolute Gasteiger partial charge is 0.317 e. The third kappa shape index (κ3) is 4.12. The molecule has 0 aromatic carbocycles. The molecule has 1 rings (SSSR count). The molecule has 1 fully saturated rings. The van der Waals surface area contributed by atoms with Crippen molar-refractivity contribution in [1.29, 1.82) is 0 Å². The summed E-state index contributed by atoms with van der Waals surface area (Å²) in [4.78, 5) is 0. The molecule has 2 nitrogen and oxygen atoms in total. The van der Waals surface area contributed by atoms with Gasteiger partial charge < -0.3 is 10.6 Å². The van der Waals surface area contributed by atoms with Gasteiger partial charge in [0.1, 0.15) is 0 Å². The molecule has 90 valence electrons. The molecule has 1 unspecified atom stereocenters. The Morgan fingerprint density at radius 3 is 2.13 bits per heavy atom. The first kappa shape index (κ1) is 13.0. The van der Waals surface area contributed by atoms with Gasteiger partial charge in [-0.3, -0.25) is 0 Å². The van der Waals surface area contributed by atoms with Gasteiger partial charge in [-0.25, -0.2) is 0 Å². The summed E-state index contributed by atoms with van der Waals surface area (Å²) in [5.74, 6) is 1.59. The van der Waals surface area contributed by atoms with E-state index in [9.17, 15) is 0 Å². The van der Waals surface area contributed by atoms with Crippen molar-refractivity contribution in [3.8, 4) is 0 Å². The third-order valence-corrected chi connectivity index (χ3v) is 3.83. The molecule has 1 aliphatic carbocycles. The maximum atomic E-state index is 3.64. The van der Waals surface area contributed by atoms with Gasteiger partial charge in [0.05, 0.1) is 0 Å². The summed E-state index contributed by atoms with van der Waals surface area (Å²) >= 11 is 0. The third-order valence-electron chi connectivity index (χ3n) is 3.83. The van der Waals surface area contributed by atoms with E-state index in [2.05, 4.69) is 38.3 Å². The van der Waals surface area contributed by atoms with E-state index in [-0.39, 0.29) is 0 Å². The zero-order valence-corrected chi connectivity index (χ0v) is 10.9. The lowest BCUT2D eigenvalue weighted by Crippen LogP contribution is -2.34. The first-order valence-corrected chi connectivity index (χ1v) is 6.52. The highest BCUT2D eigenvalue weighted by atomic mass is 14.9. The van der Waals surface area contributed by atoms with Crippen LogP contribution in [-0.4, -0.2) is 26.2 Å². The molecule has 2 N–H and O–H groups in total. The molecule has 0 heterocycles. The highest BCUT2D eigenvalue weighted by molar-refractivity contribution is 4.97. The summed E-state index contributed by atoms with van der Waals surface area (Å²) in [5, 5.41) is 7.03. The summed E-state index contributed by atoms with van der Waals surface area (Å²) in [6, 6.07) is 0. The second kappa shape index (κ2) is 5.86. The number of rotatable bonds is 8. The van der Waals surface area contributed by atoms with E-state index in [0.717, 1.165) is 31.5 Å². The van der Waals surface area contributed by atoms with Gasteiger partial charge in [-0.05, 0) is 49.7 Å². The van der Waals surface area contributed by atoms with E-state index < -0.39 is 0 Å². The van der Waals surface area contributed by atoms with E-state index in [4.69, 9.17) is 0 Å². The first-order chi connectivity index (χ1) is 7.10. The predicted molar refractivity (Wildman–Crippen MR) is 67.1 cm³/mol. The van der Waals surface area contributed by atoms with E-state index >= 15 is 0 Å². The Morgan fingerprint density at radius 2 is 1.67 bits per heavy atom. The Kier molecular flexibility index (Phi) is 5.07. The molecule has 0 aromatic rings. The number of nitrogens with one attached hydrogen (secondary N) is 2. The van der Waals surface area contributed by atoms with Gasteiger partial charge in [-0.2, -0.15) is 0 Å². The van der Waals surface area contributed by atoms with Crippen LogP contribution in [0.2, 0.25) is 0 Å². The quantitative estimate of drug-likeness (QED) is 0.645. The van der Waals surface area contributed by atoms with E-state index in [0.29, 0.717) is 5.41 Å². The van der Waals surface area contributed by atoms with Crippen LogP contribution >= 0.6 is 0 Å². The standard InChI is InChI=1S/C13H28N2/c1-5-14-8-12(4)9-15-10-13(6-7-13)11(2)3/h11-12,14-15H,5-10H2,1-4H3. The minimum Gasteiger partial charge on any atom is -0.317 e. The van der Waals surface area contributed by atoms with E-state index in [1.165, 1.54) is 19.4 Å². The Morgan fingerprint density at radius 1 is 1.07 bits per heavy atom. The Labute approximate surface area is 95.2 Å². The van der Waals surface area contributed by atoms with Crippen LogP contribution in [0.5, 0.6) is 0 Å². The molecule has 2 heteroatoms. The highest BCUT2D eigenvalue weighted by Gasteiger charge is 2.44. The molecule has 15 heavy (non-hydrogen) atoms. The van der Waals surface area contributed by atoms with Crippen molar-refractivity contribution in [3.05, 3.63) is 0 Å². The first-order valence-electron chi connectivity index (χ1n) is 6.52. The molecule has 1 atom stereocenters. The zero-order chi connectivity index (χ0) is 11.3. The molecule has 0 aliphatic heterocycles. The molecule has 0 bridgehead atoms. The lowest BCUT2D eigenvalue weighted by atomic mass is 9.92. The Bertz CT molecular complexity index is 173. The van der Waals surface area contributed by atoms with Gasteiger partial charge in [-0.1, -0.05) is 27.7 Å². The van der Waals surface area contributed by atoms with Crippen molar-refractivity contribution in [3.63, 3.8) is 0 Å². The molecule has 0 radical (unpaired) electrons. The number of hydrogen-bond donors (Lipinski definition) is 2. The minimum absolute atomic E-state index is 0.651. The Balaban J connectivity index is 2.06. The molecular formula is C13H28N2. The van der Waals surface area contributed by atoms with Crippen molar-refractivity contribution in [2.45, 2.75) is 40.5 Å². The van der Waals surface area contributed by atoms with Gasteiger partial charge in [0.25, 0.3) is 0 Å². The smallest absolute Gasteiger partial charge is 0.00104 e. The summed E-state index contributed by atoms with van der Waals surface area (Å²) in [7, 11) is 0. The second-order valence-electron chi connectivity index (χ2n) is 5.56.